The molecule has 1 atom stereocenters. The van der Waals surface area contributed by atoms with E-state index in [0.717, 1.165) is 4.88 Å². The molecule has 0 aliphatic carbocycles. The summed E-state index contributed by atoms with van der Waals surface area (Å²) in [6, 6.07) is 8.57. The van der Waals surface area contributed by atoms with Crippen LogP contribution in [-0.2, 0) is 14.3 Å². The predicted molar refractivity (Wildman–Crippen MR) is 106 cm³/mol. The zero-order valence-electron chi connectivity index (χ0n) is 16.1. The highest BCUT2D eigenvalue weighted by Gasteiger charge is 2.30. The van der Waals surface area contributed by atoms with E-state index >= 15 is 0 Å². The summed E-state index contributed by atoms with van der Waals surface area (Å²) >= 11 is 1.30. The summed E-state index contributed by atoms with van der Waals surface area (Å²) in [5.41, 5.74) is 6.25. The fourth-order valence-electron chi connectivity index (χ4n) is 2.34. The summed E-state index contributed by atoms with van der Waals surface area (Å²) in [6.45, 7) is 8.98. The summed E-state index contributed by atoms with van der Waals surface area (Å²) in [7, 11) is 0. The molecule has 0 spiro atoms. The molecule has 0 radical (unpaired) electrons. The number of carbonyl (C=O) groups is 3. The molecule has 0 saturated carbocycles. The Balaban J connectivity index is 2.35. The number of rotatable bonds is 5. The van der Waals surface area contributed by atoms with E-state index in [1.54, 1.807) is 58.0 Å². The van der Waals surface area contributed by atoms with Gasteiger partial charge in [-0.3, -0.25) is 9.59 Å². The number of esters is 1. The monoisotopic (exact) mass is 388 g/mol. The molecule has 3 N–H and O–H groups in total. The smallest absolute Gasteiger partial charge is 0.342 e. The SMILES string of the molecule is Cc1sc(NC(=O)C(C)(C)C)c(C(=O)O[C@H](C(N)=O)c2ccccc2)c1C. The second-order valence-electron chi connectivity index (χ2n) is 7.29. The van der Waals surface area contributed by atoms with Crippen molar-refractivity contribution in [2.75, 3.05) is 5.32 Å². The summed E-state index contributed by atoms with van der Waals surface area (Å²) in [5.74, 6) is -1.68. The first-order chi connectivity index (χ1) is 12.5. The first kappa shape index (κ1) is 20.6. The Hall–Kier alpha value is -2.67. The van der Waals surface area contributed by atoms with Crippen LogP contribution >= 0.6 is 11.3 Å². The topological polar surface area (TPSA) is 98.5 Å². The van der Waals surface area contributed by atoms with Gasteiger partial charge in [-0.05, 0) is 19.4 Å². The molecule has 0 fully saturated rings. The van der Waals surface area contributed by atoms with Gasteiger partial charge in [0.25, 0.3) is 5.91 Å². The van der Waals surface area contributed by atoms with Crippen molar-refractivity contribution in [2.45, 2.75) is 40.7 Å². The molecule has 1 heterocycles. The van der Waals surface area contributed by atoms with Crippen LogP contribution in [0.15, 0.2) is 30.3 Å². The van der Waals surface area contributed by atoms with Crippen molar-refractivity contribution in [3.8, 4) is 0 Å². The number of ether oxygens (including phenoxy) is 1. The number of thiophene rings is 1. The predicted octanol–water partition coefficient (Wildman–Crippen LogP) is 3.73. The van der Waals surface area contributed by atoms with Crippen molar-refractivity contribution in [3.05, 3.63) is 51.9 Å². The molecule has 2 rings (SSSR count). The van der Waals surface area contributed by atoms with Crippen molar-refractivity contribution in [1.82, 2.24) is 0 Å². The molecular formula is C20H24N2O4S. The lowest BCUT2D eigenvalue weighted by atomic mass is 9.96. The highest BCUT2D eigenvalue weighted by Crippen LogP contribution is 2.35. The maximum Gasteiger partial charge on any atom is 0.342 e. The fourth-order valence-corrected chi connectivity index (χ4v) is 3.38. The normalized spacial score (nSPS) is 12.3. The van der Waals surface area contributed by atoms with Crippen molar-refractivity contribution >= 4 is 34.1 Å². The number of hydrogen-bond acceptors (Lipinski definition) is 5. The zero-order chi connectivity index (χ0) is 20.4. The van der Waals surface area contributed by atoms with E-state index in [0.29, 0.717) is 16.1 Å². The average molecular weight is 388 g/mol. The van der Waals surface area contributed by atoms with Gasteiger partial charge >= 0.3 is 5.97 Å². The molecule has 2 aromatic rings. The van der Waals surface area contributed by atoms with Crippen LogP contribution in [-0.4, -0.2) is 17.8 Å². The number of anilines is 1. The summed E-state index contributed by atoms with van der Waals surface area (Å²) in [4.78, 5) is 37.9. The van der Waals surface area contributed by atoms with Crippen LogP contribution in [0.4, 0.5) is 5.00 Å². The molecule has 0 saturated heterocycles. The molecule has 6 nitrogen and oxygen atoms in total. The highest BCUT2D eigenvalue weighted by atomic mass is 32.1. The molecule has 0 aliphatic rings. The standard InChI is InChI=1S/C20H24N2O4S/c1-11-12(2)27-17(22-19(25)20(3,4)5)14(11)18(24)26-15(16(21)23)13-9-7-6-8-10-13/h6-10,15H,1-5H3,(H2,21,23)(H,22,25)/t15-/m0/s1. The van der Waals surface area contributed by atoms with Crippen LogP contribution in [0.25, 0.3) is 0 Å². The van der Waals surface area contributed by atoms with Crippen LogP contribution in [0.1, 0.15) is 53.2 Å². The second kappa shape index (κ2) is 7.92. The van der Waals surface area contributed by atoms with Crippen molar-refractivity contribution < 1.29 is 19.1 Å². The molecule has 2 amide bonds. The van der Waals surface area contributed by atoms with E-state index in [4.69, 9.17) is 10.5 Å². The van der Waals surface area contributed by atoms with Gasteiger partial charge in [0.05, 0.1) is 5.56 Å². The van der Waals surface area contributed by atoms with Gasteiger partial charge in [0.2, 0.25) is 12.0 Å². The van der Waals surface area contributed by atoms with Gasteiger partial charge in [0, 0.05) is 15.9 Å². The molecule has 0 bridgehead atoms. The molecule has 0 aliphatic heterocycles. The molecule has 27 heavy (non-hydrogen) atoms. The first-order valence-electron chi connectivity index (χ1n) is 8.49. The lowest BCUT2D eigenvalue weighted by Crippen LogP contribution is -2.29. The van der Waals surface area contributed by atoms with Crippen LogP contribution in [0.5, 0.6) is 0 Å². The Labute approximate surface area is 162 Å². The quantitative estimate of drug-likeness (QED) is 0.762. The third-order valence-electron chi connectivity index (χ3n) is 4.08. The molecule has 1 aromatic heterocycles. The van der Waals surface area contributed by atoms with E-state index in [9.17, 15) is 14.4 Å². The Bertz CT molecular complexity index is 866. The van der Waals surface area contributed by atoms with Crippen molar-refractivity contribution in [2.24, 2.45) is 11.1 Å². The van der Waals surface area contributed by atoms with Gasteiger partial charge in [-0.25, -0.2) is 4.79 Å². The number of hydrogen-bond donors (Lipinski definition) is 2. The van der Waals surface area contributed by atoms with Gasteiger partial charge in [0.15, 0.2) is 0 Å². The molecule has 1 aromatic carbocycles. The number of amides is 2. The van der Waals surface area contributed by atoms with Crippen molar-refractivity contribution in [1.29, 1.82) is 0 Å². The van der Waals surface area contributed by atoms with Gasteiger partial charge in [-0.15, -0.1) is 11.3 Å². The molecule has 7 heteroatoms. The fraction of sp³-hybridized carbons (Fsp3) is 0.350. The summed E-state index contributed by atoms with van der Waals surface area (Å²) in [5, 5.41) is 3.21. The largest absolute Gasteiger partial charge is 0.444 e. The third kappa shape index (κ3) is 4.74. The minimum absolute atomic E-state index is 0.215. The minimum Gasteiger partial charge on any atom is -0.444 e. The Morgan fingerprint density at radius 3 is 2.22 bits per heavy atom. The van der Waals surface area contributed by atoms with Gasteiger partial charge in [-0.2, -0.15) is 0 Å². The highest BCUT2D eigenvalue weighted by molar-refractivity contribution is 7.16. The van der Waals surface area contributed by atoms with E-state index in [-0.39, 0.29) is 11.5 Å². The number of benzene rings is 1. The Kier molecular flexibility index (Phi) is 6.05. The number of carbonyl (C=O) groups excluding carboxylic acids is 3. The lowest BCUT2D eigenvalue weighted by Gasteiger charge is -2.18. The number of nitrogens with two attached hydrogens (primary N) is 1. The molecule has 144 valence electrons. The van der Waals surface area contributed by atoms with Gasteiger partial charge < -0.3 is 15.8 Å². The maximum atomic E-state index is 12.8. The number of aryl methyl sites for hydroxylation is 1. The molecular weight excluding hydrogens is 364 g/mol. The number of primary amides is 1. The molecule has 0 unspecified atom stereocenters. The first-order valence-corrected chi connectivity index (χ1v) is 9.30. The van der Waals surface area contributed by atoms with Crippen LogP contribution in [0.2, 0.25) is 0 Å². The van der Waals surface area contributed by atoms with E-state index in [1.165, 1.54) is 11.3 Å². The maximum absolute atomic E-state index is 12.8. The van der Waals surface area contributed by atoms with Gasteiger partial charge in [-0.1, -0.05) is 51.1 Å². The third-order valence-corrected chi connectivity index (χ3v) is 5.21. The van der Waals surface area contributed by atoms with E-state index < -0.39 is 23.4 Å². The van der Waals surface area contributed by atoms with Gasteiger partial charge in [0.1, 0.15) is 5.00 Å². The van der Waals surface area contributed by atoms with Crippen LogP contribution in [0.3, 0.4) is 0 Å². The van der Waals surface area contributed by atoms with Crippen molar-refractivity contribution in [3.63, 3.8) is 0 Å². The van der Waals surface area contributed by atoms with E-state index in [1.807, 2.05) is 6.92 Å². The Morgan fingerprint density at radius 2 is 1.70 bits per heavy atom. The van der Waals surface area contributed by atoms with E-state index in [2.05, 4.69) is 5.32 Å². The minimum atomic E-state index is -1.20. The zero-order valence-corrected chi connectivity index (χ0v) is 16.9. The van der Waals surface area contributed by atoms with Crippen LogP contribution in [0, 0.1) is 19.3 Å². The number of nitrogens with one attached hydrogen (secondary N) is 1. The lowest BCUT2D eigenvalue weighted by molar-refractivity contribution is -0.127. The van der Waals surface area contributed by atoms with Crippen LogP contribution < -0.4 is 11.1 Å². The summed E-state index contributed by atoms with van der Waals surface area (Å²) < 4.78 is 5.43. The average Bonchev–Trinajstić information content (AvgIpc) is 2.86. The summed E-state index contributed by atoms with van der Waals surface area (Å²) in [6.07, 6.45) is -1.20. The Morgan fingerprint density at radius 1 is 1.11 bits per heavy atom. The second-order valence-corrected chi connectivity index (χ2v) is 8.51.